The first-order chi connectivity index (χ1) is 12.3. The van der Waals surface area contributed by atoms with Crippen molar-refractivity contribution in [3.8, 4) is 0 Å². The third-order valence-electron chi connectivity index (χ3n) is 3.73. The minimum absolute atomic E-state index is 0.197. The van der Waals surface area contributed by atoms with Gasteiger partial charge in [-0.15, -0.1) is 0 Å². The summed E-state index contributed by atoms with van der Waals surface area (Å²) in [6.07, 6.45) is 4.23. The Morgan fingerprint density at radius 1 is 1.15 bits per heavy atom. The van der Waals surface area contributed by atoms with Crippen LogP contribution in [0.25, 0.3) is 0 Å². The summed E-state index contributed by atoms with van der Waals surface area (Å²) in [6, 6.07) is 13.4. The zero-order chi connectivity index (χ0) is 18.7. The Hall–Kier alpha value is -2.64. The number of aromatic nitrogens is 2. The molecule has 0 radical (unpaired) electrons. The summed E-state index contributed by atoms with van der Waals surface area (Å²) < 4.78 is 24.5. The number of halogens is 1. The summed E-state index contributed by atoms with van der Waals surface area (Å²) in [5.74, 6) is -0.331. The molecule has 26 heavy (non-hydrogen) atoms. The molecule has 1 heterocycles. The van der Waals surface area contributed by atoms with Gasteiger partial charge in [0.1, 0.15) is 0 Å². The van der Waals surface area contributed by atoms with Crippen LogP contribution in [-0.2, 0) is 16.4 Å². The molecule has 6 nitrogen and oxygen atoms in total. The van der Waals surface area contributed by atoms with Crippen molar-refractivity contribution >= 4 is 33.0 Å². The monoisotopic (exact) mass is 389 g/mol. The SMILES string of the molecule is CS(=O)(=O)c1ccc(NC(=O)c2cnn(Cc3ccccc3Cl)c2)cc1. The van der Waals surface area contributed by atoms with Crippen LogP contribution < -0.4 is 5.32 Å². The largest absolute Gasteiger partial charge is 0.322 e. The quantitative estimate of drug-likeness (QED) is 0.726. The van der Waals surface area contributed by atoms with Gasteiger partial charge >= 0.3 is 0 Å². The highest BCUT2D eigenvalue weighted by molar-refractivity contribution is 7.90. The van der Waals surface area contributed by atoms with E-state index in [0.717, 1.165) is 11.8 Å². The first-order valence-electron chi connectivity index (χ1n) is 7.70. The van der Waals surface area contributed by atoms with Crippen LogP contribution in [0.15, 0.2) is 65.8 Å². The number of carbonyl (C=O) groups excluding carboxylic acids is 1. The van der Waals surface area contributed by atoms with Crippen LogP contribution >= 0.6 is 11.6 Å². The Morgan fingerprint density at radius 2 is 1.85 bits per heavy atom. The Balaban J connectivity index is 1.69. The van der Waals surface area contributed by atoms with Crippen LogP contribution in [0.1, 0.15) is 15.9 Å². The molecule has 0 saturated heterocycles. The molecule has 0 fully saturated rings. The fraction of sp³-hybridized carbons (Fsp3) is 0.111. The van der Waals surface area contributed by atoms with E-state index < -0.39 is 9.84 Å². The number of sulfone groups is 1. The van der Waals surface area contributed by atoms with Crippen molar-refractivity contribution in [2.45, 2.75) is 11.4 Å². The van der Waals surface area contributed by atoms with Gasteiger partial charge < -0.3 is 5.32 Å². The Morgan fingerprint density at radius 3 is 2.50 bits per heavy atom. The molecule has 0 aliphatic carbocycles. The molecule has 3 aromatic rings. The average Bonchev–Trinajstić information content (AvgIpc) is 3.05. The van der Waals surface area contributed by atoms with Gasteiger partial charge in [0, 0.05) is 23.2 Å². The zero-order valence-electron chi connectivity index (χ0n) is 13.9. The predicted octanol–water partition coefficient (Wildman–Crippen LogP) is 3.24. The van der Waals surface area contributed by atoms with E-state index in [2.05, 4.69) is 10.4 Å². The van der Waals surface area contributed by atoms with Gasteiger partial charge in [-0.25, -0.2) is 8.42 Å². The molecule has 134 valence electrons. The molecular formula is C18H16ClN3O3S. The third kappa shape index (κ3) is 4.30. The van der Waals surface area contributed by atoms with Gasteiger partial charge in [0.25, 0.3) is 5.91 Å². The Bertz CT molecular complexity index is 1040. The van der Waals surface area contributed by atoms with Crippen molar-refractivity contribution in [3.63, 3.8) is 0 Å². The van der Waals surface area contributed by atoms with Gasteiger partial charge in [-0.2, -0.15) is 5.10 Å². The van der Waals surface area contributed by atoms with E-state index in [9.17, 15) is 13.2 Å². The Kier molecular flexibility index (Phi) is 5.11. The number of anilines is 1. The molecule has 0 saturated carbocycles. The molecule has 1 amide bonds. The summed E-state index contributed by atoms with van der Waals surface area (Å²) in [5, 5.41) is 7.53. The summed E-state index contributed by atoms with van der Waals surface area (Å²) in [5.41, 5.74) is 1.80. The van der Waals surface area contributed by atoms with Crippen molar-refractivity contribution in [1.29, 1.82) is 0 Å². The van der Waals surface area contributed by atoms with Crippen molar-refractivity contribution in [2.24, 2.45) is 0 Å². The Labute approximate surface area is 156 Å². The molecule has 3 rings (SSSR count). The zero-order valence-corrected chi connectivity index (χ0v) is 15.5. The van der Waals surface area contributed by atoms with E-state index in [4.69, 9.17) is 11.6 Å². The van der Waals surface area contributed by atoms with Gasteiger partial charge in [-0.05, 0) is 35.9 Å². The summed E-state index contributed by atoms with van der Waals surface area (Å²) in [7, 11) is -3.27. The molecular weight excluding hydrogens is 374 g/mol. The first kappa shape index (κ1) is 18.2. The fourth-order valence-electron chi connectivity index (χ4n) is 2.36. The third-order valence-corrected chi connectivity index (χ3v) is 5.22. The lowest BCUT2D eigenvalue weighted by Gasteiger charge is -2.05. The summed E-state index contributed by atoms with van der Waals surface area (Å²) in [4.78, 5) is 12.5. The highest BCUT2D eigenvalue weighted by Gasteiger charge is 2.11. The number of amides is 1. The van der Waals surface area contributed by atoms with Gasteiger partial charge in [0.2, 0.25) is 0 Å². The lowest BCUT2D eigenvalue weighted by Crippen LogP contribution is -2.11. The number of carbonyl (C=O) groups is 1. The maximum atomic E-state index is 12.3. The molecule has 1 aromatic heterocycles. The lowest BCUT2D eigenvalue weighted by molar-refractivity contribution is 0.102. The average molecular weight is 390 g/mol. The van der Waals surface area contributed by atoms with E-state index >= 15 is 0 Å². The smallest absolute Gasteiger partial charge is 0.258 e. The number of hydrogen-bond donors (Lipinski definition) is 1. The molecule has 8 heteroatoms. The van der Waals surface area contributed by atoms with Crippen molar-refractivity contribution in [2.75, 3.05) is 11.6 Å². The van der Waals surface area contributed by atoms with Crippen LogP contribution in [0, 0.1) is 0 Å². The van der Waals surface area contributed by atoms with Crippen molar-refractivity contribution in [1.82, 2.24) is 9.78 Å². The molecule has 2 aromatic carbocycles. The minimum atomic E-state index is -3.27. The van der Waals surface area contributed by atoms with Crippen LogP contribution in [0.5, 0.6) is 0 Å². The van der Waals surface area contributed by atoms with Gasteiger partial charge in [-0.1, -0.05) is 29.8 Å². The normalized spacial score (nSPS) is 11.3. The summed E-state index contributed by atoms with van der Waals surface area (Å²) >= 11 is 6.13. The van der Waals surface area contributed by atoms with Crippen LogP contribution in [0.3, 0.4) is 0 Å². The molecule has 0 atom stereocenters. The second-order valence-corrected chi connectivity index (χ2v) is 8.19. The van der Waals surface area contributed by atoms with E-state index in [1.165, 1.54) is 18.3 Å². The highest BCUT2D eigenvalue weighted by atomic mass is 35.5. The first-order valence-corrected chi connectivity index (χ1v) is 9.97. The van der Waals surface area contributed by atoms with Gasteiger partial charge in [0.05, 0.1) is 23.2 Å². The molecule has 0 unspecified atom stereocenters. The van der Waals surface area contributed by atoms with Crippen LogP contribution in [0.2, 0.25) is 5.02 Å². The molecule has 1 N–H and O–H groups in total. The highest BCUT2D eigenvalue weighted by Crippen LogP contribution is 2.17. The number of rotatable bonds is 5. The van der Waals surface area contributed by atoms with Gasteiger partial charge in [0.15, 0.2) is 9.84 Å². The molecule has 0 spiro atoms. The predicted molar refractivity (Wildman–Crippen MR) is 100 cm³/mol. The molecule has 0 aliphatic rings. The molecule has 0 aliphatic heterocycles. The van der Waals surface area contributed by atoms with E-state index in [-0.39, 0.29) is 10.8 Å². The number of hydrogen-bond acceptors (Lipinski definition) is 4. The standard InChI is InChI=1S/C18H16ClN3O3S/c1-26(24,25)16-8-6-15(7-9-16)21-18(23)14-10-20-22(12-14)11-13-4-2-3-5-17(13)19/h2-10,12H,11H2,1H3,(H,21,23). The maximum absolute atomic E-state index is 12.3. The second kappa shape index (κ2) is 7.31. The fourth-order valence-corrected chi connectivity index (χ4v) is 3.18. The van der Waals surface area contributed by atoms with E-state index in [1.807, 2.05) is 18.2 Å². The lowest BCUT2D eigenvalue weighted by atomic mass is 10.2. The number of nitrogens with zero attached hydrogens (tertiary/aromatic N) is 2. The second-order valence-electron chi connectivity index (χ2n) is 5.77. The maximum Gasteiger partial charge on any atom is 0.258 e. The summed E-state index contributed by atoms with van der Waals surface area (Å²) in [6.45, 7) is 0.454. The number of nitrogens with one attached hydrogen (secondary N) is 1. The topological polar surface area (TPSA) is 81.1 Å². The van der Waals surface area contributed by atoms with Crippen LogP contribution in [-0.4, -0.2) is 30.4 Å². The van der Waals surface area contributed by atoms with Crippen molar-refractivity contribution in [3.05, 3.63) is 77.1 Å². The van der Waals surface area contributed by atoms with E-state index in [1.54, 1.807) is 29.1 Å². The van der Waals surface area contributed by atoms with E-state index in [0.29, 0.717) is 22.8 Å². The van der Waals surface area contributed by atoms with Crippen LogP contribution in [0.4, 0.5) is 5.69 Å². The number of benzene rings is 2. The molecule has 0 bridgehead atoms. The van der Waals surface area contributed by atoms with Gasteiger partial charge in [-0.3, -0.25) is 9.48 Å². The minimum Gasteiger partial charge on any atom is -0.322 e. The van der Waals surface area contributed by atoms with Crippen molar-refractivity contribution < 1.29 is 13.2 Å².